The highest BCUT2D eigenvalue weighted by Crippen LogP contribution is 2.24. The maximum absolute atomic E-state index is 9.65. The quantitative estimate of drug-likeness (QED) is 0.749. The van der Waals surface area contributed by atoms with Crippen molar-refractivity contribution < 1.29 is 5.11 Å². The van der Waals surface area contributed by atoms with Gasteiger partial charge in [-0.25, -0.2) is 0 Å². The molecule has 0 bridgehead atoms. The molecule has 14 heavy (non-hydrogen) atoms. The fourth-order valence-corrected chi connectivity index (χ4v) is 2.44. The SMILES string of the molecule is CC(C)C[C@@H]1C[C@@H](O)CN1CC(C)C. The van der Waals surface area contributed by atoms with Crippen molar-refractivity contribution in [1.82, 2.24) is 4.90 Å². The highest BCUT2D eigenvalue weighted by Gasteiger charge is 2.31. The van der Waals surface area contributed by atoms with E-state index in [4.69, 9.17) is 0 Å². The van der Waals surface area contributed by atoms with Crippen LogP contribution >= 0.6 is 0 Å². The molecule has 0 aromatic heterocycles. The van der Waals surface area contributed by atoms with Gasteiger partial charge in [-0.1, -0.05) is 27.7 Å². The first kappa shape index (κ1) is 12.0. The average Bonchev–Trinajstić information content (AvgIpc) is 2.28. The van der Waals surface area contributed by atoms with Gasteiger partial charge in [-0.05, 0) is 24.7 Å². The second kappa shape index (κ2) is 5.13. The van der Waals surface area contributed by atoms with Crippen LogP contribution in [-0.2, 0) is 0 Å². The Morgan fingerprint density at radius 1 is 1.21 bits per heavy atom. The van der Waals surface area contributed by atoms with E-state index in [0.29, 0.717) is 12.0 Å². The van der Waals surface area contributed by atoms with Crippen LogP contribution in [0.15, 0.2) is 0 Å². The Bertz CT molecular complexity index is 150. The van der Waals surface area contributed by atoms with E-state index in [1.165, 1.54) is 6.42 Å². The Morgan fingerprint density at radius 2 is 1.86 bits per heavy atom. The lowest BCUT2D eigenvalue weighted by Crippen LogP contribution is -2.34. The van der Waals surface area contributed by atoms with Crippen LogP contribution in [-0.4, -0.2) is 35.2 Å². The number of rotatable bonds is 4. The summed E-state index contributed by atoms with van der Waals surface area (Å²) in [7, 11) is 0. The summed E-state index contributed by atoms with van der Waals surface area (Å²) in [5.41, 5.74) is 0. The van der Waals surface area contributed by atoms with Crippen molar-refractivity contribution in [2.45, 2.75) is 52.7 Å². The van der Waals surface area contributed by atoms with Crippen molar-refractivity contribution in [3.05, 3.63) is 0 Å². The smallest absolute Gasteiger partial charge is 0.0682 e. The highest BCUT2D eigenvalue weighted by atomic mass is 16.3. The van der Waals surface area contributed by atoms with Crippen LogP contribution in [0.25, 0.3) is 0 Å². The molecule has 2 atom stereocenters. The Balaban J connectivity index is 2.45. The van der Waals surface area contributed by atoms with E-state index in [-0.39, 0.29) is 6.10 Å². The number of likely N-dealkylation sites (tertiary alicyclic amines) is 1. The van der Waals surface area contributed by atoms with E-state index >= 15 is 0 Å². The molecule has 84 valence electrons. The topological polar surface area (TPSA) is 23.5 Å². The largest absolute Gasteiger partial charge is 0.392 e. The Labute approximate surface area is 88.3 Å². The molecule has 0 amide bonds. The molecule has 1 heterocycles. The number of aliphatic hydroxyl groups excluding tert-OH is 1. The lowest BCUT2D eigenvalue weighted by atomic mass is 10.0. The van der Waals surface area contributed by atoms with Crippen molar-refractivity contribution in [2.75, 3.05) is 13.1 Å². The van der Waals surface area contributed by atoms with Gasteiger partial charge in [-0.3, -0.25) is 4.90 Å². The summed E-state index contributed by atoms with van der Waals surface area (Å²) >= 11 is 0. The van der Waals surface area contributed by atoms with Crippen molar-refractivity contribution in [2.24, 2.45) is 11.8 Å². The average molecular weight is 199 g/mol. The Hall–Kier alpha value is -0.0800. The molecular formula is C12H25NO. The van der Waals surface area contributed by atoms with E-state index < -0.39 is 0 Å². The van der Waals surface area contributed by atoms with Gasteiger partial charge in [0.2, 0.25) is 0 Å². The minimum Gasteiger partial charge on any atom is -0.392 e. The molecule has 0 saturated carbocycles. The molecule has 0 aliphatic carbocycles. The molecule has 1 fully saturated rings. The molecule has 0 unspecified atom stereocenters. The zero-order valence-corrected chi connectivity index (χ0v) is 10.0. The number of hydrogen-bond acceptors (Lipinski definition) is 2. The van der Waals surface area contributed by atoms with Crippen LogP contribution in [0.2, 0.25) is 0 Å². The predicted octanol–water partition coefficient (Wildman–Crippen LogP) is 2.12. The van der Waals surface area contributed by atoms with Gasteiger partial charge in [0.1, 0.15) is 0 Å². The standard InChI is InChI=1S/C12H25NO/c1-9(2)5-11-6-12(14)8-13(11)7-10(3)4/h9-12,14H,5-8H2,1-4H3/t11-,12-/m1/s1. The van der Waals surface area contributed by atoms with Crippen LogP contribution in [0.5, 0.6) is 0 Å². The first-order valence-corrected chi connectivity index (χ1v) is 5.91. The van der Waals surface area contributed by atoms with Crippen molar-refractivity contribution >= 4 is 0 Å². The number of hydrogen-bond donors (Lipinski definition) is 1. The summed E-state index contributed by atoms with van der Waals surface area (Å²) in [5, 5.41) is 9.65. The fraction of sp³-hybridized carbons (Fsp3) is 1.00. The summed E-state index contributed by atoms with van der Waals surface area (Å²) in [4.78, 5) is 2.47. The van der Waals surface area contributed by atoms with Gasteiger partial charge in [0.15, 0.2) is 0 Å². The maximum atomic E-state index is 9.65. The molecule has 1 rings (SSSR count). The molecular weight excluding hydrogens is 174 g/mol. The van der Waals surface area contributed by atoms with Gasteiger partial charge < -0.3 is 5.11 Å². The van der Waals surface area contributed by atoms with Gasteiger partial charge in [0.05, 0.1) is 6.10 Å². The zero-order valence-electron chi connectivity index (χ0n) is 10.0. The third-order valence-electron chi connectivity index (χ3n) is 2.85. The Kier molecular flexibility index (Phi) is 4.39. The van der Waals surface area contributed by atoms with E-state index in [1.807, 2.05) is 0 Å². The number of aliphatic hydroxyl groups is 1. The third kappa shape index (κ3) is 3.58. The molecule has 1 saturated heterocycles. The van der Waals surface area contributed by atoms with Gasteiger partial charge in [-0.2, -0.15) is 0 Å². The maximum Gasteiger partial charge on any atom is 0.0682 e. The van der Waals surface area contributed by atoms with Gasteiger partial charge in [0, 0.05) is 19.1 Å². The first-order valence-electron chi connectivity index (χ1n) is 5.91. The zero-order chi connectivity index (χ0) is 10.7. The molecule has 0 aromatic rings. The molecule has 1 aliphatic heterocycles. The van der Waals surface area contributed by atoms with E-state index in [2.05, 4.69) is 32.6 Å². The minimum atomic E-state index is -0.0856. The molecule has 1 N–H and O–H groups in total. The molecule has 2 nitrogen and oxygen atoms in total. The summed E-state index contributed by atoms with van der Waals surface area (Å²) in [5.74, 6) is 1.44. The summed E-state index contributed by atoms with van der Waals surface area (Å²) in [6.07, 6.45) is 2.12. The Morgan fingerprint density at radius 3 is 2.36 bits per heavy atom. The molecule has 1 aliphatic rings. The van der Waals surface area contributed by atoms with Crippen LogP contribution < -0.4 is 0 Å². The fourth-order valence-electron chi connectivity index (χ4n) is 2.44. The molecule has 0 spiro atoms. The van der Waals surface area contributed by atoms with Crippen molar-refractivity contribution in [1.29, 1.82) is 0 Å². The lowest BCUT2D eigenvalue weighted by molar-refractivity contribution is 0.166. The minimum absolute atomic E-state index is 0.0856. The third-order valence-corrected chi connectivity index (χ3v) is 2.85. The number of nitrogens with zero attached hydrogens (tertiary/aromatic N) is 1. The van der Waals surface area contributed by atoms with Crippen molar-refractivity contribution in [3.8, 4) is 0 Å². The lowest BCUT2D eigenvalue weighted by Gasteiger charge is -2.26. The second-order valence-electron chi connectivity index (χ2n) is 5.52. The molecule has 0 radical (unpaired) electrons. The van der Waals surface area contributed by atoms with Crippen LogP contribution in [0.3, 0.4) is 0 Å². The monoisotopic (exact) mass is 199 g/mol. The summed E-state index contributed by atoms with van der Waals surface area (Å²) in [6.45, 7) is 11.0. The van der Waals surface area contributed by atoms with Gasteiger partial charge in [-0.15, -0.1) is 0 Å². The van der Waals surface area contributed by atoms with Crippen LogP contribution in [0, 0.1) is 11.8 Å². The van der Waals surface area contributed by atoms with E-state index in [0.717, 1.165) is 25.4 Å². The van der Waals surface area contributed by atoms with Gasteiger partial charge in [0.25, 0.3) is 0 Å². The van der Waals surface area contributed by atoms with Crippen molar-refractivity contribution in [3.63, 3.8) is 0 Å². The van der Waals surface area contributed by atoms with E-state index in [1.54, 1.807) is 0 Å². The molecule has 2 heteroatoms. The summed E-state index contributed by atoms with van der Waals surface area (Å²) < 4.78 is 0. The first-order chi connectivity index (χ1) is 6.49. The highest BCUT2D eigenvalue weighted by molar-refractivity contribution is 4.85. The van der Waals surface area contributed by atoms with Crippen LogP contribution in [0.4, 0.5) is 0 Å². The van der Waals surface area contributed by atoms with Crippen LogP contribution in [0.1, 0.15) is 40.5 Å². The number of β-amino-alcohol motifs (C(OH)–C–C–N with tert-alkyl or cyclic N) is 1. The van der Waals surface area contributed by atoms with Gasteiger partial charge >= 0.3 is 0 Å². The predicted molar refractivity (Wildman–Crippen MR) is 60.3 cm³/mol. The second-order valence-corrected chi connectivity index (χ2v) is 5.52. The normalized spacial score (nSPS) is 29.4. The van der Waals surface area contributed by atoms with E-state index in [9.17, 15) is 5.11 Å². The summed E-state index contributed by atoms with van der Waals surface area (Å²) in [6, 6.07) is 0.618. The molecule has 0 aromatic carbocycles.